The summed E-state index contributed by atoms with van der Waals surface area (Å²) in [5.41, 5.74) is 2.03. The Kier molecular flexibility index (Phi) is 6.19. The predicted octanol–water partition coefficient (Wildman–Crippen LogP) is 5.73. The Hall–Kier alpha value is -3.05. The molecule has 0 aliphatic carbocycles. The minimum Gasteiger partial charge on any atom is -0.488 e. The van der Waals surface area contributed by atoms with E-state index >= 15 is 0 Å². The van der Waals surface area contributed by atoms with Gasteiger partial charge in [0.1, 0.15) is 12.4 Å². The number of nitrogens with zero attached hydrogens (tertiary/aromatic N) is 2. The molecule has 5 heteroatoms. The van der Waals surface area contributed by atoms with Crippen molar-refractivity contribution in [3.63, 3.8) is 0 Å². The number of para-hydroxylation sites is 1. The molecule has 3 aromatic carbocycles. The molecule has 0 spiro atoms. The maximum absolute atomic E-state index is 12.8. The van der Waals surface area contributed by atoms with E-state index < -0.39 is 0 Å². The molecule has 1 aliphatic rings. The normalized spacial score (nSPS) is 16.7. The van der Waals surface area contributed by atoms with Crippen molar-refractivity contribution in [1.82, 2.24) is 4.90 Å². The second kappa shape index (κ2) is 9.18. The van der Waals surface area contributed by atoms with Crippen molar-refractivity contribution in [3.8, 4) is 5.75 Å². The smallest absolute Gasteiger partial charge is 0.266 e. The van der Waals surface area contributed by atoms with Gasteiger partial charge in [0.25, 0.3) is 5.91 Å². The second-order valence-corrected chi connectivity index (χ2v) is 7.89. The van der Waals surface area contributed by atoms with Gasteiger partial charge in [-0.25, -0.2) is 0 Å². The van der Waals surface area contributed by atoms with Gasteiger partial charge in [-0.1, -0.05) is 60.7 Å². The number of hydrogen-bond acceptors (Lipinski definition) is 4. The molecule has 0 bridgehead atoms. The molecule has 1 heterocycles. The van der Waals surface area contributed by atoms with E-state index in [0.29, 0.717) is 24.6 Å². The van der Waals surface area contributed by atoms with Gasteiger partial charge >= 0.3 is 0 Å². The highest BCUT2D eigenvalue weighted by Crippen LogP contribution is 2.34. The Balaban J connectivity index is 1.60. The lowest BCUT2D eigenvalue weighted by atomic mass is 10.1. The van der Waals surface area contributed by atoms with Gasteiger partial charge in [0.05, 0.1) is 4.91 Å². The minimum atomic E-state index is -0.00134. The average Bonchev–Trinajstić information content (AvgIpc) is 3.07. The first-order valence-corrected chi connectivity index (χ1v) is 11.0. The van der Waals surface area contributed by atoms with Crippen LogP contribution in [0.3, 0.4) is 0 Å². The molecular formula is C25H24N2O2S. The van der Waals surface area contributed by atoms with Gasteiger partial charge in [-0.2, -0.15) is 0 Å². The zero-order valence-corrected chi connectivity index (χ0v) is 18.0. The van der Waals surface area contributed by atoms with Crippen LogP contribution >= 0.6 is 11.8 Å². The molecule has 30 heavy (non-hydrogen) atoms. The highest BCUT2D eigenvalue weighted by atomic mass is 32.2. The van der Waals surface area contributed by atoms with E-state index in [9.17, 15) is 4.79 Å². The van der Waals surface area contributed by atoms with Crippen LogP contribution in [0.25, 0.3) is 16.8 Å². The van der Waals surface area contributed by atoms with Crippen molar-refractivity contribution in [1.29, 1.82) is 0 Å². The van der Waals surface area contributed by atoms with Crippen LogP contribution < -0.4 is 4.74 Å². The fourth-order valence-corrected chi connectivity index (χ4v) is 4.58. The van der Waals surface area contributed by atoms with E-state index in [1.165, 1.54) is 22.5 Å². The summed E-state index contributed by atoms with van der Waals surface area (Å²) in [5.74, 6) is 0.758. The molecule has 4 rings (SSSR count). The molecule has 1 aliphatic heterocycles. The summed E-state index contributed by atoms with van der Waals surface area (Å²) >= 11 is 1.43. The van der Waals surface area contributed by atoms with E-state index in [1.807, 2.05) is 56.3 Å². The monoisotopic (exact) mass is 416 g/mol. The van der Waals surface area contributed by atoms with Crippen LogP contribution in [0.5, 0.6) is 5.75 Å². The van der Waals surface area contributed by atoms with Crippen molar-refractivity contribution in [2.45, 2.75) is 20.5 Å². The first kappa shape index (κ1) is 20.2. The van der Waals surface area contributed by atoms with Crippen molar-refractivity contribution in [3.05, 3.63) is 82.8 Å². The van der Waals surface area contributed by atoms with Crippen LogP contribution in [-0.2, 0) is 11.4 Å². The fraction of sp³-hybridized carbons (Fsp3) is 0.200. The van der Waals surface area contributed by atoms with Gasteiger partial charge < -0.3 is 4.74 Å². The molecule has 1 amide bonds. The molecule has 1 fully saturated rings. The number of amides is 1. The van der Waals surface area contributed by atoms with Gasteiger partial charge in [-0.05, 0) is 54.1 Å². The summed E-state index contributed by atoms with van der Waals surface area (Å²) in [4.78, 5) is 19.6. The second-order valence-electron chi connectivity index (χ2n) is 6.88. The Morgan fingerprint density at radius 3 is 2.60 bits per heavy atom. The van der Waals surface area contributed by atoms with Crippen LogP contribution in [0.15, 0.2) is 76.6 Å². The zero-order valence-electron chi connectivity index (χ0n) is 17.2. The number of carbonyl (C=O) groups excluding carboxylic acids is 1. The summed E-state index contributed by atoms with van der Waals surface area (Å²) in [6.45, 7) is 5.68. The predicted molar refractivity (Wildman–Crippen MR) is 126 cm³/mol. The third-order valence-corrected chi connectivity index (χ3v) is 6.01. The van der Waals surface area contributed by atoms with Crippen LogP contribution in [0, 0.1) is 0 Å². The minimum absolute atomic E-state index is 0.00134. The topological polar surface area (TPSA) is 41.9 Å². The summed E-state index contributed by atoms with van der Waals surface area (Å²) in [6, 6.07) is 22.4. The maximum atomic E-state index is 12.8. The number of fused-ring (bicyclic) bond motifs is 1. The molecular weight excluding hydrogens is 392 g/mol. The molecule has 0 atom stereocenters. The fourth-order valence-electron chi connectivity index (χ4n) is 3.49. The number of amidine groups is 1. The molecule has 152 valence electrons. The average molecular weight is 417 g/mol. The lowest BCUT2D eigenvalue weighted by Crippen LogP contribution is -2.28. The lowest BCUT2D eigenvalue weighted by molar-refractivity contribution is -0.122. The van der Waals surface area contributed by atoms with Crippen LogP contribution in [0.4, 0.5) is 0 Å². The summed E-state index contributed by atoms with van der Waals surface area (Å²) in [7, 11) is 0. The van der Waals surface area contributed by atoms with Crippen molar-refractivity contribution < 1.29 is 9.53 Å². The Labute approximate surface area is 181 Å². The maximum Gasteiger partial charge on any atom is 0.266 e. The van der Waals surface area contributed by atoms with E-state index in [2.05, 4.69) is 35.3 Å². The molecule has 0 radical (unpaired) electrons. The number of carbonyl (C=O) groups is 1. The highest BCUT2D eigenvalue weighted by molar-refractivity contribution is 8.18. The van der Waals surface area contributed by atoms with Gasteiger partial charge in [-0.3, -0.25) is 14.7 Å². The van der Waals surface area contributed by atoms with Gasteiger partial charge in [0.15, 0.2) is 5.17 Å². The largest absolute Gasteiger partial charge is 0.488 e. The number of aliphatic imine (C=N–C) groups is 1. The Morgan fingerprint density at radius 1 is 1.00 bits per heavy atom. The van der Waals surface area contributed by atoms with E-state index in [4.69, 9.17) is 4.74 Å². The lowest BCUT2D eigenvalue weighted by Gasteiger charge is -2.12. The van der Waals surface area contributed by atoms with Crippen molar-refractivity contribution >= 4 is 39.7 Å². The third kappa shape index (κ3) is 4.12. The van der Waals surface area contributed by atoms with Gasteiger partial charge in [0.2, 0.25) is 0 Å². The number of hydrogen-bond donors (Lipinski definition) is 0. The Bertz CT molecular complexity index is 1130. The van der Waals surface area contributed by atoms with Crippen LogP contribution in [0.1, 0.15) is 25.0 Å². The molecule has 0 unspecified atom stereocenters. The Morgan fingerprint density at radius 2 is 1.77 bits per heavy atom. The third-order valence-electron chi connectivity index (χ3n) is 4.97. The van der Waals surface area contributed by atoms with Crippen LogP contribution in [0.2, 0.25) is 0 Å². The van der Waals surface area contributed by atoms with E-state index in [0.717, 1.165) is 22.0 Å². The number of likely N-dealkylation sites (N-methyl/N-ethyl adjacent to an activating group) is 1. The SMILES string of the molecule is CCN=C1S/C(=C/c2ccccc2OCc2cccc3ccccc23)C(=O)N1CC. The molecule has 0 saturated carbocycles. The summed E-state index contributed by atoms with van der Waals surface area (Å²) in [5, 5.41) is 3.16. The van der Waals surface area contributed by atoms with Crippen LogP contribution in [-0.4, -0.2) is 29.1 Å². The molecule has 3 aromatic rings. The number of thioether (sulfide) groups is 1. The summed E-state index contributed by atoms with van der Waals surface area (Å²) in [6.07, 6.45) is 1.91. The highest BCUT2D eigenvalue weighted by Gasteiger charge is 2.32. The number of rotatable bonds is 6. The van der Waals surface area contributed by atoms with Gasteiger partial charge in [0, 0.05) is 18.7 Å². The van der Waals surface area contributed by atoms with E-state index in [-0.39, 0.29) is 5.91 Å². The quantitative estimate of drug-likeness (QED) is 0.482. The van der Waals surface area contributed by atoms with E-state index in [1.54, 1.807) is 4.90 Å². The zero-order chi connectivity index (χ0) is 20.9. The van der Waals surface area contributed by atoms with Crippen molar-refractivity contribution in [2.24, 2.45) is 4.99 Å². The van der Waals surface area contributed by atoms with Crippen molar-refractivity contribution in [2.75, 3.05) is 13.1 Å². The molecule has 4 nitrogen and oxygen atoms in total. The molecule has 0 N–H and O–H groups in total. The first-order valence-electron chi connectivity index (χ1n) is 10.2. The van der Waals surface area contributed by atoms with Gasteiger partial charge in [-0.15, -0.1) is 0 Å². The standard InChI is InChI=1S/C25H24N2O2S/c1-3-26-25-27(4-2)24(28)23(30-25)16-19-11-6-8-15-22(19)29-17-20-13-9-12-18-10-5-7-14-21(18)20/h5-16H,3-4,17H2,1-2H3/b23-16+,26-25?. The number of benzene rings is 3. The number of ether oxygens (including phenoxy) is 1. The summed E-state index contributed by atoms with van der Waals surface area (Å²) < 4.78 is 6.20. The molecule has 0 aromatic heterocycles. The molecule has 1 saturated heterocycles. The first-order chi connectivity index (χ1) is 14.7.